The summed E-state index contributed by atoms with van der Waals surface area (Å²) in [6.07, 6.45) is -0.162. The van der Waals surface area contributed by atoms with Gasteiger partial charge in [-0.05, 0) is 31.2 Å². The molecule has 0 N–H and O–H groups in total. The molecular formula is C20H23NO4S. The van der Waals surface area contributed by atoms with Crippen molar-refractivity contribution in [3.05, 3.63) is 48.5 Å². The van der Waals surface area contributed by atoms with E-state index in [9.17, 15) is 4.79 Å². The summed E-state index contributed by atoms with van der Waals surface area (Å²) >= 11 is 1.49. The maximum Gasteiger partial charge on any atom is 0.233 e. The molecule has 2 aromatic carbocycles. The first kappa shape index (κ1) is 18.5. The number of benzene rings is 2. The lowest BCUT2D eigenvalue weighted by molar-refractivity contribution is -0.129. The van der Waals surface area contributed by atoms with Gasteiger partial charge in [0.05, 0.1) is 19.4 Å². The van der Waals surface area contributed by atoms with Crippen LogP contribution in [0.3, 0.4) is 0 Å². The molecule has 1 heterocycles. The van der Waals surface area contributed by atoms with Crippen LogP contribution in [0.5, 0.6) is 17.2 Å². The molecule has 138 valence electrons. The van der Waals surface area contributed by atoms with Crippen molar-refractivity contribution in [3.63, 3.8) is 0 Å². The van der Waals surface area contributed by atoms with Crippen LogP contribution >= 0.6 is 11.8 Å². The number of hydrogen-bond donors (Lipinski definition) is 0. The van der Waals surface area contributed by atoms with E-state index in [-0.39, 0.29) is 12.0 Å². The fourth-order valence-corrected chi connectivity index (χ4v) is 3.70. The van der Waals surface area contributed by atoms with E-state index in [4.69, 9.17) is 14.2 Å². The van der Waals surface area contributed by atoms with Gasteiger partial charge in [-0.3, -0.25) is 4.79 Å². The standard InChI is InChI=1S/C20H23NO4S/c1-3-21(12-15-13-24-16-8-4-5-9-17(16)25-15)20(22)14-26-19-11-7-6-10-18(19)23-2/h4-11,15H,3,12-14H2,1-2H3. The molecule has 0 saturated carbocycles. The Morgan fingerprint density at radius 1 is 1.19 bits per heavy atom. The Labute approximate surface area is 158 Å². The molecule has 0 fully saturated rings. The van der Waals surface area contributed by atoms with Crippen molar-refractivity contribution < 1.29 is 19.0 Å². The van der Waals surface area contributed by atoms with Gasteiger partial charge < -0.3 is 19.1 Å². The Balaban J connectivity index is 1.56. The van der Waals surface area contributed by atoms with Gasteiger partial charge in [-0.25, -0.2) is 0 Å². The van der Waals surface area contributed by atoms with Gasteiger partial charge in [-0.15, -0.1) is 11.8 Å². The van der Waals surface area contributed by atoms with Crippen molar-refractivity contribution in [2.75, 3.05) is 32.6 Å². The molecule has 6 heteroatoms. The van der Waals surface area contributed by atoms with E-state index < -0.39 is 0 Å². The molecule has 0 aliphatic carbocycles. The summed E-state index contributed by atoms with van der Waals surface area (Å²) in [5.74, 6) is 2.71. The monoisotopic (exact) mass is 373 g/mol. The first-order valence-corrected chi connectivity index (χ1v) is 9.62. The van der Waals surface area contributed by atoms with Crippen molar-refractivity contribution >= 4 is 17.7 Å². The Morgan fingerprint density at radius 3 is 2.69 bits per heavy atom. The van der Waals surface area contributed by atoms with Crippen molar-refractivity contribution in [1.29, 1.82) is 0 Å². The molecule has 2 aromatic rings. The number of rotatable bonds is 7. The van der Waals surface area contributed by atoms with Gasteiger partial charge in [0.25, 0.3) is 0 Å². The van der Waals surface area contributed by atoms with Crippen LogP contribution in [0.25, 0.3) is 0 Å². The van der Waals surface area contributed by atoms with E-state index in [1.165, 1.54) is 11.8 Å². The zero-order valence-electron chi connectivity index (χ0n) is 15.0. The van der Waals surface area contributed by atoms with E-state index in [2.05, 4.69) is 0 Å². The van der Waals surface area contributed by atoms with E-state index in [1.807, 2.05) is 60.4 Å². The van der Waals surface area contributed by atoms with Gasteiger partial charge in [0.1, 0.15) is 12.4 Å². The van der Waals surface area contributed by atoms with E-state index in [1.54, 1.807) is 7.11 Å². The molecule has 1 aliphatic rings. The molecule has 3 rings (SSSR count). The number of carbonyl (C=O) groups excluding carboxylic acids is 1. The highest BCUT2D eigenvalue weighted by molar-refractivity contribution is 8.00. The SMILES string of the molecule is CCN(CC1COc2ccccc2O1)C(=O)CSc1ccccc1OC. The minimum Gasteiger partial charge on any atom is -0.496 e. The number of para-hydroxylation sites is 3. The van der Waals surface area contributed by atoms with Gasteiger partial charge in [0, 0.05) is 11.4 Å². The molecular weight excluding hydrogens is 350 g/mol. The quantitative estimate of drug-likeness (QED) is 0.696. The van der Waals surface area contributed by atoms with Crippen molar-refractivity contribution in [2.24, 2.45) is 0 Å². The topological polar surface area (TPSA) is 48.0 Å². The van der Waals surface area contributed by atoms with Gasteiger partial charge in [0.15, 0.2) is 17.6 Å². The van der Waals surface area contributed by atoms with Crippen LogP contribution < -0.4 is 14.2 Å². The van der Waals surface area contributed by atoms with Crippen molar-refractivity contribution in [1.82, 2.24) is 4.90 Å². The molecule has 26 heavy (non-hydrogen) atoms. The molecule has 0 aromatic heterocycles. The number of methoxy groups -OCH3 is 1. The lowest BCUT2D eigenvalue weighted by Gasteiger charge is -2.31. The predicted octanol–water partition coefficient (Wildman–Crippen LogP) is 3.48. The highest BCUT2D eigenvalue weighted by Crippen LogP contribution is 2.31. The molecule has 0 spiro atoms. The van der Waals surface area contributed by atoms with Crippen LogP contribution in [-0.2, 0) is 4.79 Å². The number of hydrogen-bond acceptors (Lipinski definition) is 5. The fourth-order valence-electron chi connectivity index (χ4n) is 2.77. The number of carbonyl (C=O) groups is 1. The Morgan fingerprint density at radius 2 is 1.92 bits per heavy atom. The number of thioether (sulfide) groups is 1. The normalized spacial score (nSPS) is 15.4. The van der Waals surface area contributed by atoms with Crippen LogP contribution in [-0.4, -0.2) is 49.5 Å². The second-order valence-corrected chi connectivity index (χ2v) is 6.89. The van der Waals surface area contributed by atoms with Crippen LogP contribution in [0.4, 0.5) is 0 Å². The highest BCUT2D eigenvalue weighted by Gasteiger charge is 2.24. The summed E-state index contributed by atoms with van der Waals surface area (Å²) in [6, 6.07) is 15.3. The lowest BCUT2D eigenvalue weighted by Crippen LogP contribution is -2.44. The van der Waals surface area contributed by atoms with Gasteiger partial charge >= 0.3 is 0 Å². The number of ether oxygens (including phenoxy) is 3. The Hall–Kier alpha value is -2.34. The maximum atomic E-state index is 12.6. The molecule has 1 atom stereocenters. The molecule has 0 bridgehead atoms. The number of fused-ring (bicyclic) bond motifs is 1. The molecule has 1 aliphatic heterocycles. The van der Waals surface area contributed by atoms with E-state index >= 15 is 0 Å². The van der Waals surface area contributed by atoms with Gasteiger partial charge in [0.2, 0.25) is 5.91 Å². The minimum absolute atomic E-state index is 0.0749. The second-order valence-electron chi connectivity index (χ2n) is 5.87. The summed E-state index contributed by atoms with van der Waals surface area (Å²) in [6.45, 7) is 3.56. The summed E-state index contributed by atoms with van der Waals surface area (Å²) in [4.78, 5) is 15.4. The summed E-state index contributed by atoms with van der Waals surface area (Å²) in [5, 5.41) is 0. The smallest absolute Gasteiger partial charge is 0.233 e. The lowest BCUT2D eigenvalue weighted by atomic mass is 10.2. The molecule has 0 radical (unpaired) electrons. The van der Waals surface area contributed by atoms with Crippen molar-refractivity contribution in [3.8, 4) is 17.2 Å². The van der Waals surface area contributed by atoms with Gasteiger partial charge in [-0.2, -0.15) is 0 Å². The summed E-state index contributed by atoms with van der Waals surface area (Å²) in [5.41, 5.74) is 0. The molecule has 1 unspecified atom stereocenters. The number of likely N-dealkylation sites (N-methyl/N-ethyl adjacent to an activating group) is 1. The molecule has 0 saturated heterocycles. The fraction of sp³-hybridized carbons (Fsp3) is 0.350. The average Bonchev–Trinajstić information content (AvgIpc) is 2.70. The maximum absolute atomic E-state index is 12.6. The average molecular weight is 373 g/mol. The largest absolute Gasteiger partial charge is 0.496 e. The minimum atomic E-state index is -0.162. The first-order valence-electron chi connectivity index (χ1n) is 8.63. The van der Waals surface area contributed by atoms with Crippen LogP contribution in [0.15, 0.2) is 53.4 Å². The third kappa shape index (κ3) is 4.43. The Kier molecular flexibility index (Phi) is 6.28. The van der Waals surface area contributed by atoms with Crippen LogP contribution in [0, 0.1) is 0 Å². The zero-order valence-corrected chi connectivity index (χ0v) is 15.8. The van der Waals surface area contributed by atoms with Crippen molar-refractivity contribution in [2.45, 2.75) is 17.9 Å². The second kappa shape index (κ2) is 8.85. The number of nitrogens with zero attached hydrogens (tertiary/aromatic N) is 1. The summed E-state index contributed by atoms with van der Waals surface area (Å²) in [7, 11) is 1.64. The van der Waals surface area contributed by atoms with E-state index in [0.29, 0.717) is 25.4 Å². The van der Waals surface area contributed by atoms with Crippen LogP contribution in [0.1, 0.15) is 6.92 Å². The zero-order chi connectivity index (χ0) is 18.4. The predicted molar refractivity (Wildman–Crippen MR) is 102 cm³/mol. The summed E-state index contributed by atoms with van der Waals surface area (Å²) < 4.78 is 17.0. The van der Waals surface area contributed by atoms with Gasteiger partial charge in [-0.1, -0.05) is 24.3 Å². The third-order valence-corrected chi connectivity index (χ3v) is 5.19. The Bertz CT molecular complexity index is 752. The van der Waals surface area contributed by atoms with E-state index in [0.717, 1.165) is 22.1 Å². The molecule has 1 amide bonds. The molecule has 5 nitrogen and oxygen atoms in total. The third-order valence-electron chi connectivity index (χ3n) is 4.15. The first-order chi connectivity index (χ1) is 12.7. The highest BCUT2D eigenvalue weighted by atomic mass is 32.2. The van der Waals surface area contributed by atoms with Crippen LogP contribution in [0.2, 0.25) is 0 Å². The number of amides is 1.